The molecular weight excluding hydrogens is 328 g/mol. The van der Waals surface area contributed by atoms with Gasteiger partial charge in [0.05, 0.1) is 0 Å². The standard InChI is InChI=1S/C18H13BrO2/c1-2-9-18(11-16(12-19)21-17(18)20)15-8-7-13-5-3-4-6-14(13)10-15/h1,3-8,10,12H,9,11H2/b16-12+/t18-/m1/s1. The number of allylic oxidation sites excluding steroid dienone is 1. The van der Waals surface area contributed by atoms with E-state index in [-0.39, 0.29) is 5.97 Å². The van der Waals surface area contributed by atoms with Gasteiger partial charge in [0.15, 0.2) is 0 Å². The van der Waals surface area contributed by atoms with Gasteiger partial charge in [0, 0.05) is 17.8 Å². The molecule has 0 N–H and O–H groups in total. The van der Waals surface area contributed by atoms with Crippen LogP contribution in [0.2, 0.25) is 0 Å². The minimum atomic E-state index is -0.779. The van der Waals surface area contributed by atoms with E-state index in [4.69, 9.17) is 11.2 Å². The number of carbonyl (C=O) groups excluding carboxylic acids is 1. The van der Waals surface area contributed by atoms with Crippen LogP contribution in [-0.4, -0.2) is 5.97 Å². The Balaban J connectivity index is 2.16. The van der Waals surface area contributed by atoms with E-state index < -0.39 is 5.41 Å². The lowest BCUT2D eigenvalue weighted by Gasteiger charge is -2.22. The maximum atomic E-state index is 12.4. The van der Waals surface area contributed by atoms with Crippen LogP contribution in [0.4, 0.5) is 0 Å². The molecule has 2 nitrogen and oxygen atoms in total. The van der Waals surface area contributed by atoms with Gasteiger partial charge >= 0.3 is 5.97 Å². The molecule has 0 unspecified atom stereocenters. The molecule has 1 heterocycles. The van der Waals surface area contributed by atoms with Gasteiger partial charge in [0.1, 0.15) is 11.2 Å². The average Bonchev–Trinajstić information content (AvgIpc) is 2.84. The summed E-state index contributed by atoms with van der Waals surface area (Å²) in [6.07, 6.45) is 6.32. The van der Waals surface area contributed by atoms with Crippen LogP contribution < -0.4 is 0 Å². The maximum absolute atomic E-state index is 12.4. The Labute approximate surface area is 131 Å². The zero-order valence-electron chi connectivity index (χ0n) is 11.3. The number of terminal acetylenes is 1. The first kappa shape index (κ1) is 13.9. The molecular formula is C18H13BrO2. The van der Waals surface area contributed by atoms with Gasteiger partial charge in [-0.2, -0.15) is 0 Å². The van der Waals surface area contributed by atoms with Crippen LogP contribution in [-0.2, 0) is 14.9 Å². The molecule has 104 valence electrons. The third-order valence-corrected chi connectivity index (χ3v) is 4.43. The average molecular weight is 341 g/mol. The van der Waals surface area contributed by atoms with Gasteiger partial charge in [-0.25, -0.2) is 0 Å². The Bertz CT molecular complexity index is 785. The highest BCUT2D eigenvalue weighted by Gasteiger charge is 2.48. The molecule has 0 spiro atoms. The molecule has 0 saturated carbocycles. The zero-order valence-corrected chi connectivity index (χ0v) is 12.9. The van der Waals surface area contributed by atoms with Gasteiger partial charge < -0.3 is 4.74 Å². The number of fused-ring (bicyclic) bond motifs is 1. The predicted octanol–water partition coefficient (Wildman–Crippen LogP) is 4.28. The number of ether oxygens (including phenoxy) is 1. The molecule has 3 heteroatoms. The molecule has 0 amide bonds. The number of halogens is 1. The molecule has 0 aliphatic carbocycles. The van der Waals surface area contributed by atoms with E-state index in [1.54, 1.807) is 4.99 Å². The van der Waals surface area contributed by atoms with Crippen molar-refractivity contribution in [3.63, 3.8) is 0 Å². The molecule has 1 fully saturated rings. The van der Waals surface area contributed by atoms with Crippen LogP contribution in [0.1, 0.15) is 18.4 Å². The van der Waals surface area contributed by atoms with Crippen molar-refractivity contribution in [3.05, 3.63) is 58.8 Å². The summed E-state index contributed by atoms with van der Waals surface area (Å²) in [6, 6.07) is 14.1. The van der Waals surface area contributed by atoms with E-state index in [0.717, 1.165) is 16.3 Å². The SMILES string of the molecule is C#CC[C@]1(c2ccc3ccccc3c2)C/C(=C\Br)OC1=O. The molecule has 3 rings (SSSR count). The lowest BCUT2D eigenvalue weighted by atomic mass is 9.75. The molecule has 1 atom stereocenters. The summed E-state index contributed by atoms with van der Waals surface area (Å²) in [4.78, 5) is 14.1. The Morgan fingerprint density at radius 3 is 2.71 bits per heavy atom. The predicted molar refractivity (Wildman–Crippen MR) is 86.8 cm³/mol. The topological polar surface area (TPSA) is 26.3 Å². The second kappa shape index (κ2) is 5.38. The van der Waals surface area contributed by atoms with Crippen molar-refractivity contribution in [1.29, 1.82) is 0 Å². The summed E-state index contributed by atoms with van der Waals surface area (Å²) in [5.74, 6) is 2.97. The Morgan fingerprint density at radius 1 is 1.29 bits per heavy atom. The summed E-state index contributed by atoms with van der Waals surface area (Å²) in [6.45, 7) is 0. The number of hydrogen-bond donors (Lipinski definition) is 0. The van der Waals surface area contributed by atoms with Gasteiger partial charge in [0.25, 0.3) is 0 Å². The number of carbonyl (C=O) groups is 1. The number of esters is 1. The van der Waals surface area contributed by atoms with Crippen LogP contribution in [0, 0.1) is 12.3 Å². The van der Waals surface area contributed by atoms with E-state index in [0.29, 0.717) is 18.6 Å². The van der Waals surface area contributed by atoms with E-state index in [1.165, 1.54) is 0 Å². The summed E-state index contributed by atoms with van der Waals surface area (Å²) >= 11 is 3.23. The molecule has 21 heavy (non-hydrogen) atoms. The fourth-order valence-corrected chi connectivity index (χ4v) is 3.06. The van der Waals surface area contributed by atoms with Gasteiger partial charge in [-0.1, -0.05) is 52.3 Å². The van der Waals surface area contributed by atoms with Crippen molar-refractivity contribution in [2.24, 2.45) is 0 Å². The third kappa shape index (κ3) is 2.26. The maximum Gasteiger partial charge on any atom is 0.323 e. The fourth-order valence-electron chi connectivity index (χ4n) is 2.80. The van der Waals surface area contributed by atoms with Crippen molar-refractivity contribution >= 4 is 32.7 Å². The number of cyclic esters (lactones) is 1. The first-order valence-electron chi connectivity index (χ1n) is 6.64. The minimum Gasteiger partial charge on any atom is -0.430 e. The lowest BCUT2D eigenvalue weighted by molar-refractivity contribution is -0.140. The van der Waals surface area contributed by atoms with Crippen LogP contribution in [0.15, 0.2) is 53.2 Å². The molecule has 0 radical (unpaired) electrons. The van der Waals surface area contributed by atoms with Gasteiger partial charge in [0.2, 0.25) is 0 Å². The van der Waals surface area contributed by atoms with Crippen molar-refractivity contribution in [2.45, 2.75) is 18.3 Å². The highest BCUT2D eigenvalue weighted by molar-refractivity contribution is 9.11. The van der Waals surface area contributed by atoms with Crippen LogP contribution >= 0.6 is 15.9 Å². The van der Waals surface area contributed by atoms with Crippen LogP contribution in [0.25, 0.3) is 10.8 Å². The number of hydrogen-bond acceptors (Lipinski definition) is 2. The summed E-state index contributed by atoms with van der Waals surface area (Å²) in [5, 5.41) is 2.23. The summed E-state index contributed by atoms with van der Waals surface area (Å²) in [7, 11) is 0. The minimum absolute atomic E-state index is 0.276. The van der Waals surface area contributed by atoms with Crippen molar-refractivity contribution in [3.8, 4) is 12.3 Å². The highest BCUT2D eigenvalue weighted by atomic mass is 79.9. The van der Waals surface area contributed by atoms with Crippen molar-refractivity contribution < 1.29 is 9.53 Å². The first-order valence-corrected chi connectivity index (χ1v) is 7.55. The molecule has 0 bridgehead atoms. The summed E-state index contributed by atoms with van der Waals surface area (Å²) < 4.78 is 5.33. The quantitative estimate of drug-likeness (QED) is 0.602. The van der Waals surface area contributed by atoms with E-state index >= 15 is 0 Å². The number of rotatable bonds is 2. The Kier molecular flexibility index (Phi) is 3.57. The van der Waals surface area contributed by atoms with E-state index in [1.807, 2.05) is 42.5 Å². The van der Waals surface area contributed by atoms with Crippen molar-refractivity contribution in [1.82, 2.24) is 0 Å². The Morgan fingerprint density at radius 2 is 2.05 bits per heavy atom. The smallest absolute Gasteiger partial charge is 0.323 e. The fraction of sp³-hybridized carbons (Fsp3) is 0.167. The van der Waals surface area contributed by atoms with E-state index in [9.17, 15) is 4.79 Å². The molecule has 1 aliphatic heterocycles. The van der Waals surface area contributed by atoms with Gasteiger partial charge in [-0.15, -0.1) is 12.3 Å². The molecule has 1 saturated heterocycles. The Hall–Kier alpha value is -2.05. The normalized spacial score (nSPS) is 23.2. The second-order valence-corrected chi connectivity index (χ2v) is 5.62. The zero-order chi connectivity index (χ0) is 14.9. The molecule has 0 aromatic heterocycles. The highest BCUT2D eigenvalue weighted by Crippen LogP contribution is 2.43. The molecule has 2 aromatic rings. The van der Waals surface area contributed by atoms with Gasteiger partial charge in [-0.05, 0) is 22.4 Å². The van der Waals surface area contributed by atoms with Crippen molar-refractivity contribution in [2.75, 3.05) is 0 Å². The molecule has 2 aromatic carbocycles. The largest absolute Gasteiger partial charge is 0.430 e. The van der Waals surface area contributed by atoms with E-state index in [2.05, 4.69) is 21.9 Å². The second-order valence-electron chi connectivity index (χ2n) is 5.17. The third-order valence-electron chi connectivity index (χ3n) is 3.92. The van der Waals surface area contributed by atoms with Crippen LogP contribution in [0.3, 0.4) is 0 Å². The first-order chi connectivity index (χ1) is 10.2. The number of benzene rings is 2. The summed E-state index contributed by atoms with van der Waals surface area (Å²) in [5.41, 5.74) is 0.131. The van der Waals surface area contributed by atoms with Crippen LogP contribution in [0.5, 0.6) is 0 Å². The lowest BCUT2D eigenvalue weighted by Crippen LogP contribution is -2.31. The monoisotopic (exact) mass is 340 g/mol. The molecule has 1 aliphatic rings. The van der Waals surface area contributed by atoms with Gasteiger partial charge in [-0.3, -0.25) is 4.79 Å².